The molecule has 4 heteroatoms. The Kier molecular flexibility index (Phi) is 7.52. The first-order valence-corrected chi connectivity index (χ1v) is 13.2. The predicted molar refractivity (Wildman–Crippen MR) is 145 cm³/mol. The Morgan fingerprint density at radius 2 is 1.63 bits per heavy atom. The van der Waals surface area contributed by atoms with E-state index in [2.05, 4.69) is 70.5 Å². The van der Waals surface area contributed by atoms with Crippen LogP contribution in [0, 0.1) is 5.92 Å². The van der Waals surface area contributed by atoms with Gasteiger partial charge in [0, 0.05) is 50.4 Å². The predicted octanol–water partition coefficient (Wildman–Crippen LogP) is 5.15. The number of nitrogens with zero attached hydrogens (tertiary/aromatic N) is 2. The fourth-order valence-corrected chi connectivity index (χ4v) is 5.38. The average molecular weight is 471 g/mol. The first-order chi connectivity index (χ1) is 17.1. The number of hydrogen-bond donors (Lipinski definition) is 2. The van der Waals surface area contributed by atoms with E-state index in [1.54, 1.807) is 0 Å². The van der Waals surface area contributed by atoms with Gasteiger partial charge in [-0.25, -0.2) is 0 Å². The van der Waals surface area contributed by atoms with E-state index in [0.717, 1.165) is 55.4 Å². The molecule has 1 saturated heterocycles. The smallest absolute Gasteiger partial charge is 0.0789 e. The number of aliphatic hydroxyl groups excluding tert-OH is 2. The van der Waals surface area contributed by atoms with Crippen LogP contribution in [0.4, 0.5) is 5.69 Å². The summed E-state index contributed by atoms with van der Waals surface area (Å²) in [7, 11) is 0. The van der Waals surface area contributed by atoms with Crippen molar-refractivity contribution in [2.45, 2.75) is 44.8 Å². The molecule has 2 aromatic carbocycles. The van der Waals surface area contributed by atoms with Gasteiger partial charge < -0.3 is 15.1 Å². The molecule has 184 valence electrons. The van der Waals surface area contributed by atoms with Crippen LogP contribution in [0.15, 0.2) is 78.4 Å². The Morgan fingerprint density at radius 3 is 2.26 bits per heavy atom. The van der Waals surface area contributed by atoms with Crippen LogP contribution < -0.4 is 4.90 Å². The van der Waals surface area contributed by atoms with E-state index in [0.29, 0.717) is 6.42 Å². The van der Waals surface area contributed by atoms with Gasteiger partial charge in [0.05, 0.1) is 6.10 Å². The summed E-state index contributed by atoms with van der Waals surface area (Å²) >= 11 is 0. The maximum absolute atomic E-state index is 10.7. The maximum atomic E-state index is 10.7. The second-order valence-corrected chi connectivity index (χ2v) is 10.2. The molecule has 0 bridgehead atoms. The highest BCUT2D eigenvalue weighted by Gasteiger charge is 2.31. The molecule has 0 aromatic heterocycles. The van der Waals surface area contributed by atoms with E-state index in [1.165, 1.54) is 29.7 Å². The van der Waals surface area contributed by atoms with E-state index in [-0.39, 0.29) is 12.5 Å². The number of allylic oxidation sites excluding steroid dienone is 4. The summed E-state index contributed by atoms with van der Waals surface area (Å²) < 4.78 is 0. The number of piperazine rings is 1. The molecule has 1 saturated carbocycles. The lowest BCUT2D eigenvalue weighted by Gasteiger charge is -2.36. The molecule has 2 aromatic rings. The Morgan fingerprint density at radius 1 is 0.914 bits per heavy atom. The zero-order valence-electron chi connectivity index (χ0n) is 20.8. The van der Waals surface area contributed by atoms with Gasteiger partial charge in [-0.2, -0.15) is 0 Å². The lowest BCUT2D eigenvalue weighted by Crippen LogP contribution is -2.47. The summed E-state index contributed by atoms with van der Waals surface area (Å²) in [5, 5.41) is 20.3. The van der Waals surface area contributed by atoms with Crippen molar-refractivity contribution in [3.63, 3.8) is 0 Å². The molecular weight excluding hydrogens is 432 g/mol. The lowest BCUT2D eigenvalue weighted by molar-refractivity contribution is 0.183. The molecule has 0 radical (unpaired) electrons. The van der Waals surface area contributed by atoms with E-state index in [4.69, 9.17) is 0 Å². The van der Waals surface area contributed by atoms with Crippen molar-refractivity contribution in [1.82, 2.24) is 4.90 Å². The Labute approximate surface area is 209 Å². The van der Waals surface area contributed by atoms with Gasteiger partial charge >= 0.3 is 0 Å². The number of rotatable bonds is 8. The number of aliphatic hydroxyl groups is 2. The van der Waals surface area contributed by atoms with Gasteiger partial charge in [-0.05, 0) is 71.7 Å². The number of hydrogen-bond acceptors (Lipinski definition) is 4. The average Bonchev–Trinajstić information content (AvgIpc) is 3.75. The van der Waals surface area contributed by atoms with Crippen molar-refractivity contribution < 1.29 is 10.2 Å². The molecule has 1 unspecified atom stereocenters. The molecule has 2 atom stereocenters. The first-order valence-electron chi connectivity index (χ1n) is 13.2. The van der Waals surface area contributed by atoms with E-state index in [9.17, 15) is 10.2 Å². The third-order valence-corrected chi connectivity index (χ3v) is 7.66. The van der Waals surface area contributed by atoms with Crippen molar-refractivity contribution in [3.8, 4) is 0 Å². The van der Waals surface area contributed by atoms with Crippen LogP contribution >= 0.6 is 0 Å². The maximum Gasteiger partial charge on any atom is 0.0789 e. The number of benzene rings is 2. The molecule has 2 N–H and O–H groups in total. The van der Waals surface area contributed by atoms with Crippen molar-refractivity contribution in [2.24, 2.45) is 5.92 Å². The minimum atomic E-state index is -0.498. The zero-order chi connectivity index (χ0) is 24.2. The normalized spacial score (nSPS) is 23.7. The highest BCUT2D eigenvalue weighted by molar-refractivity contribution is 6.00. The Hall–Kier alpha value is -2.66. The molecule has 2 aliphatic carbocycles. The summed E-state index contributed by atoms with van der Waals surface area (Å²) in [6, 6.07) is 20.3. The molecular formula is C31H38N2O2. The molecule has 2 fully saturated rings. The molecule has 3 aliphatic rings. The minimum absolute atomic E-state index is 0.106. The van der Waals surface area contributed by atoms with Crippen LogP contribution in [0.3, 0.4) is 0 Å². The Balaban J connectivity index is 1.49. The molecule has 0 amide bonds. The molecule has 1 heterocycles. The molecule has 4 nitrogen and oxygen atoms in total. The topological polar surface area (TPSA) is 46.9 Å². The van der Waals surface area contributed by atoms with E-state index >= 15 is 0 Å². The monoisotopic (exact) mass is 470 g/mol. The van der Waals surface area contributed by atoms with Crippen LogP contribution in [0.5, 0.6) is 0 Å². The molecule has 0 spiro atoms. The SMILES string of the molecule is CC1C=CC(/C(=C(\CCCO)c2ccccc2)c2ccc(N3CCN(C4CC4)CC3)cc2)=C[C@H]1O. The van der Waals surface area contributed by atoms with Crippen LogP contribution in [0.1, 0.15) is 43.7 Å². The fourth-order valence-electron chi connectivity index (χ4n) is 5.38. The fraction of sp³-hybridized carbons (Fsp3) is 0.419. The van der Waals surface area contributed by atoms with Crippen LogP contribution in [0.2, 0.25) is 0 Å². The zero-order valence-corrected chi connectivity index (χ0v) is 20.8. The van der Waals surface area contributed by atoms with Gasteiger partial charge in [-0.3, -0.25) is 4.90 Å². The van der Waals surface area contributed by atoms with Crippen LogP contribution in [-0.2, 0) is 0 Å². The quantitative estimate of drug-likeness (QED) is 0.524. The summed E-state index contributed by atoms with van der Waals surface area (Å²) in [4.78, 5) is 5.15. The first kappa shape index (κ1) is 24.1. The van der Waals surface area contributed by atoms with Crippen molar-refractivity contribution in [3.05, 3.63) is 89.5 Å². The highest BCUT2D eigenvalue weighted by Crippen LogP contribution is 2.38. The van der Waals surface area contributed by atoms with Gasteiger partial charge in [0.2, 0.25) is 0 Å². The standard InChI is InChI=1S/C31H38N2O2/c1-23-9-10-26(22-30(23)35)31(29(8-5-21-34)24-6-3-2-4-7-24)25-11-13-27(14-12-25)32-17-19-33(20-18-32)28-15-16-28/h2-4,6-7,9-14,22-23,28,30,34-35H,5,8,15-21H2,1H3/b31-29+/t23?,30-/m1/s1. The van der Waals surface area contributed by atoms with Crippen LogP contribution in [0.25, 0.3) is 11.1 Å². The highest BCUT2D eigenvalue weighted by atomic mass is 16.3. The number of anilines is 1. The second-order valence-electron chi connectivity index (χ2n) is 10.2. The van der Waals surface area contributed by atoms with Gasteiger partial charge in [-0.1, -0.05) is 61.5 Å². The summed E-state index contributed by atoms with van der Waals surface area (Å²) in [5.41, 5.74) is 7.01. The third-order valence-electron chi connectivity index (χ3n) is 7.66. The third kappa shape index (κ3) is 5.61. The summed E-state index contributed by atoms with van der Waals surface area (Å²) in [6.07, 6.45) is 9.98. The van der Waals surface area contributed by atoms with E-state index < -0.39 is 6.10 Å². The molecule has 5 rings (SSSR count). The van der Waals surface area contributed by atoms with Crippen molar-refractivity contribution >= 4 is 16.8 Å². The van der Waals surface area contributed by atoms with Gasteiger partial charge in [0.1, 0.15) is 0 Å². The summed E-state index contributed by atoms with van der Waals surface area (Å²) in [5.74, 6) is 0.106. The van der Waals surface area contributed by atoms with E-state index in [1.807, 2.05) is 19.1 Å². The largest absolute Gasteiger partial charge is 0.396 e. The summed E-state index contributed by atoms with van der Waals surface area (Å²) in [6.45, 7) is 6.68. The van der Waals surface area contributed by atoms with Gasteiger partial charge in [0.15, 0.2) is 0 Å². The molecule has 35 heavy (non-hydrogen) atoms. The van der Waals surface area contributed by atoms with Gasteiger partial charge in [-0.15, -0.1) is 0 Å². The van der Waals surface area contributed by atoms with Crippen molar-refractivity contribution in [2.75, 3.05) is 37.7 Å². The minimum Gasteiger partial charge on any atom is -0.396 e. The van der Waals surface area contributed by atoms with Crippen molar-refractivity contribution in [1.29, 1.82) is 0 Å². The van der Waals surface area contributed by atoms with Crippen LogP contribution in [-0.4, -0.2) is 60.0 Å². The lowest BCUT2D eigenvalue weighted by atomic mass is 9.83. The molecule has 1 aliphatic heterocycles. The van der Waals surface area contributed by atoms with Gasteiger partial charge in [0.25, 0.3) is 0 Å². The second kappa shape index (κ2) is 10.9. The Bertz CT molecular complexity index is 1070.